The van der Waals surface area contributed by atoms with E-state index in [0.29, 0.717) is 34.5 Å². The molecule has 0 aromatic heterocycles. The van der Waals surface area contributed by atoms with Gasteiger partial charge in [-0.1, -0.05) is 25.0 Å². The molecule has 9 unspecified atom stereocenters. The van der Waals surface area contributed by atoms with E-state index in [9.17, 15) is 19.2 Å². The molecule has 2 amide bonds. The Morgan fingerprint density at radius 3 is 2.21 bits per heavy atom. The van der Waals surface area contributed by atoms with Crippen LogP contribution in [0.15, 0.2) is 46.0 Å². The number of carbonyl (C=O) groups is 4. The quantitative estimate of drug-likeness (QED) is 0.401. The summed E-state index contributed by atoms with van der Waals surface area (Å²) < 4.78 is 5.87. The third-order valence-electron chi connectivity index (χ3n) is 10.3. The molecular weight excluding hydrogens is 494 g/mol. The molecule has 0 radical (unpaired) electrons. The Bertz CT molecular complexity index is 1260. The van der Waals surface area contributed by atoms with Crippen LogP contribution >= 0.6 is 0 Å². The molecular formula is C31H39N3O5. The molecule has 8 nitrogen and oxygen atoms in total. The van der Waals surface area contributed by atoms with Crippen molar-refractivity contribution in [1.29, 1.82) is 0 Å². The summed E-state index contributed by atoms with van der Waals surface area (Å²) in [6.45, 7) is 15.5. The van der Waals surface area contributed by atoms with Gasteiger partial charge >= 0.3 is 0 Å². The number of nitrogens with zero attached hydrogens (tertiary/aromatic N) is 1. The van der Waals surface area contributed by atoms with Gasteiger partial charge in [0.2, 0.25) is 11.8 Å². The lowest BCUT2D eigenvalue weighted by Crippen LogP contribution is -2.51. The van der Waals surface area contributed by atoms with Gasteiger partial charge in [0.25, 0.3) is 0 Å². The number of hydrogen-bond acceptors (Lipinski definition) is 6. The van der Waals surface area contributed by atoms with E-state index in [-0.39, 0.29) is 59.9 Å². The van der Waals surface area contributed by atoms with Crippen LogP contribution in [0.2, 0.25) is 0 Å². The first-order valence-electron chi connectivity index (χ1n) is 14.1. The number of nitrogens with one attached hydrogen (secondary N) is 2. The Balaban J connectivity index is 1.45. The summed E-state index contributed by atoms with van der Waals surface area (Å²) in [6, 6.07) is -0.0994. The molecule has 3 aliphatic heterocycles. The van der Waals surface area contributed by atoms with E-state index in [1.54, 1.807) is 6.08 Å². The lowest BCUT2D eigenvalue weighted by Gasteiger charge is -2.35. The van der Waals surface area contributed by atoms with Gasteiger partial charge in [0, 0.05) is 46.7 Å². The van der Waals surface area contributed by atoms with Crippen molar-refractivity contribution in [1.82, 2.24) is 15.5 Å². The second-order valence-corrected chi connectivity index (χ2v) is 13.4. The van der Waals surface area contributed by atoms with Gasteiger partial charge in [-0.25, -0.2) is 0 Å². The molecule has 6 rings (SSSR count). The smallest absolute Gasteiger partial charge is 0.249 e. The van der Waals surface area contributed by atoms with Crippen LogP contribution in [0.3, 0.4) is 0 Å². The SMILES string of the molecule is CC(C)=CC(=O)NC1=C(CC2=C(NC(=O)C=C(C)C)N3C(C)C4OC4C3(C)C2=O)C(=O)C2(C)C3CC3C(C)C12. The molecule has 0 aromatic rings. The number of fused-ring (bicyclic) bond motifs is 6. The zero-order valence-corrected chi connectivity index (χ0v) is 24.1. The molecule has 0 spiro atoms. The van der Waals surface area contributed by atoms with Gasteiger partial charge in [0.05, 0.1) is 6.04 Å². The van der Waals surface area contributed by atoms with Crippen molar-refractivity contribution in [2.75, 3.05) is 0 Å². The van der Waals surface area contributed by atoms with Gasteiger partial charge < -0.3 is 20.3 Å². The fourth-order valence-corrected chi connectivity index (χ4v) is 8.55. The standard InChI is InChI=1S/C31H39N3O5/c1-13(2)9-21(35)32-24-18(26(37)30(7)20-12-17(20)15(5)23(24)30)11-19-27(38)31(8)28-25(39-28)16(6)34(31)29(19)33-22(36)10-14(3)4/h9-10,15-17,20,23,25,28H,11-12H2,1-8H3,(H,32,35)(H,33,36). The molecule has 2 N–H and O–H groups in total. The highest BCUT2D eigenvalue weighted by atomic mass is 16.6. The number of amides is 2. The third kappa shape index (κ3) is 3.46. The van der Waals surface area contributed by atoms with Crippen molar-refractivity contribution >= 4 is 23.4 Å². The Morgan fingerprint density at radius 2 is 1.59 bits per heavy atom. The van der Waals surface area contributed by atoms with Crippen LogP contribution in [0.5, 0.6) is 0 Å². The largest absolute Gasteiger partial charge is 0.364 e. The van der Waals surface area contributed by atoms with Gasteiger partial charge in [-0.3, -0.25) is 19.2 Å². The summed E-state index contributed by atoms with van der Waals surface area (Å²) in [4.78, 5) is 56.3. The van der Waals surface area contributed by atoms with E-state index in [4.69, 9.17) is 4.74 Å². The number of ketones is 2. The van der Waals surface area contributed by atoms with Crippen LogP contribution in [-0.2, 0) is 23.9 Å². The van der Waals surface area contributed by atoms with Gasteiger partial charge in [-0.15, -0.1) is 0 Å². The minimum atomic E-state index is -0.935. The van der Waals surface area contributed by atoms with Crippen molar-refractivity contribution in [2.24, 2.45) is 29.1 Å². The lowest BCUT2D eigenvalue weighted by atomic mass is 9.73. The van der Waals surface area contributed by atoms with Crippen molar-refractivity contribution in [3.05, 3.63) is 46.0 Å². The van der Waals surface area contributed by atoms with Gasteiger partial charge in [-0.2, -0.15) is 0 Å². The van der Waals surface area contributed by atoms with E-state index < -0.39 is 11.0 Å². The number of ether oxygens (including phenoxy) is 1. The molecule has 4 fully saturated rings. The summed E-state index contributed by atoms with van der Waals surface area (Å²) in [6.07, 6.45) is 3.83. The van der Waals surface area contributed by atoms with Gasteiger partial charge in [0.15, 0.2) is 11.6 Å². The second kappa shape index (κ2) is 8.26. The Morgan fingerprint density at radius 1 is 0.974 bits per heavy atom. The maximum atomic E-state index is 14.2. The van der Waals surface area contributed by atoms with Crippen molar-refractivity contribution in [3.63, 3.8) is 0 Å². The molecule has 208 valence electrons. The summed E-state index contributed by atoms with van der Waals surface area (Å²) in [5.74, 6) is 0.745. The fourth-order valence-electron chi connectivity index (χ4n) is 8.55. The van der Waals surface area contributed by atoms with Crippen LogP contribution in [0.1, 0.15) is 68.2 Å². The normalized spacial score (nSPS) is 40.7. The first-order valence-corrected chi connectivity index (χ1v) is 14.1. The van der Waals surface area contributed by atoms with Crippen molar-refractivity contribution < 1.29 is 23.9 Å². The molecule has 6 aliphatic rings. The average molecular weight is 534 g/mol. The molecule has 8 heteroatoms. The number of Topliss-reactive ketones (excluding diaryl/α,β-unsaturated/α-hetero) is 2. The highest BCUT2D eigenvalue weighted by molar-refractivity contribution is 6.12. The van der Waals surface area contributed by atoms with Crippen LogP contribution in [0, 0.1) is 29.1 Å². The van der Waals surface area contributed by atoms with Crippen LogP contribution in [-0.4, -0.2) is 52.1 Å². The zero-order chi connectivity index (χ0) is 28.3. The monoisotopic (exact) mass is 533 g/mol. The fraction of sp³-hybridized carbons (Fsp3) is 0.613. The predicted octanol–water partition coefficient (Wildman–Crippen LogP) is 3.31. The molecule has 2 saturated carbocycles. The molecule has 3 heterocycles. The van der Waals surface area contributed by atoms with Gasteiger partial charge in [-0.05, 0) is 65.7 Å². The molecule has 39 heavy (non-hydrogen) atoms. The van der Waals surface area contributed by atoms with Crippen LogP contribution in [0.4, 0.5) is 0 Å². The molecule has 9 atom stereocenters. The highest BCUT2D eigenvalue weighted by Gasteiger charge is 2.74. The number of hydrogen-bond donors (Lipinski definition) is 2. The van der Waals surface area contributed by atoms with E-state index in [2.05, 4.69) is 17.6 Å². The Hall–Kier alpha value is -3.00. The number of rotatable bonds is 6. The molecule has 3 aliphatic carbocycles. The minimum absolute atomic E-state index is 0.0259. The van der Waals surface area contributed by atoms with Crippen LogP contribution in [0.25, 0.3) is 0 Å². The number of carbonyl (C=O) groups excluding carboxylic acids is 4. The topological polar surface area (TPSA) is 108 Å². The zero-order valence-electron chi connectivity index (χ0n) is 24.1. The first-order chi connectivity index (χ1) is 18.2. The Kier molecular flexibility index (Phi) is 5.55. The van der Waals surface area contributed by atoms with E-state index in [1.165, 1.54) is 6.08 Å². The third-order valence-corrected chi connectivity index (χ3v) is 10.3. The second-order valence-electron chi connectivity index (χ2n) is 13.4. The number of morpholine rings is 1. The summed E-state index contributed by atoms with van der Waals surface area (Å²) in [5, 5.41) is 6.09. The van der Waals surface area contributed by atoms with Crippen molar-refractivity contribution in [3.8, 4) is 0 Å². The van der Waals surface area contributed by atoms with Gasteiger partial charge in [0.1, 0.15) is 23.6 Å². The minimum Gasteiger partial charge on any atom is -0.364 e. The Labute approximate surface area is 230 Å². The molecule has 0 aromatic carbocycles. The van der Waals surface area contributed by atoms with E-state index >= 15 is 0 Å². The lowest BCUT2D eigenvalue weighted by molar-refractivity contribution is -0.125. The number of epoxide rings is 1. The van der Waals surface area contributed by atoms with E-state index in [1.807, 2.05) is 53.4 Å². The predicted molar refractivity (Wildman–Crippen MR) is 145 cm³/mol. The first kappa shape index (κ1) is 26.2. The van der Waals surface area contributed by atoms with Crippen LogP contribution < -0.4 is 10.6 Å². The average Bonchev–Trinajstić information content (AvgIpc) is 3.72. The summed E-state index contributed by atoms with van der Waals surface area (Å²) >= 11 is 0. The van der Waals surface area contributed by atoms with E-state index in [0.717, 1.165) is 17.6 Å². The molecule has 2 saturated heterocycles. The summed E-state index contributed by atoms with van der Waals surface area (Å²) in [7, 11) is 0. The maximum Gasteiger partial charge on any atom is 0.249 e. The highest BCUT2D eigenvalue weighted by Crippen LogP contribution is 2.72. The maximum absolute atomic E-state index is 14.2. The molecule has 0 bridgehead atoms. The number of allylic oxidation sites excluding steroid dienone is 4. The van der Waals surface area contributed by atoms with Crippen molar-refractivity contribution in [2.45, 2.75) is 92.0 Å². The summed E-state index contributed by atoms with van der Waals surface area (Å²) in [5.41, 5.74) is 1.75.